The maximum atomic E-state index is 11.9. The van der Waals surface area contributed by atoms with Crippen LogP contribution < -0.4 is 5.32 Å². The van der Waals surface area contributed by atoms with E-state index in [9.17, 15) is 14.4 Å². The third-order valence-corrected chi connectivity index (χ3v) is 3.57. The molecule has 0 saturated heterocycles. The molecule has 1 N–H and O–H groups in total. The molecule has 2 atom stereocenters. The molecule has 1 aromatic rings. The summed E-state index contributed by atoms with van der Waals surface area (Å²) in [5.74, 6) is -1.72. The Balaban J connectivity index is 2.58. The molecule has 0 radical (unpaired) electrons. The van der Waals surface area contributed by atoms with Crippen LogP contribution in [-0.2, 0) is 19.1 Å². The predicted molar refractivity (Wildman–Crippen MR) is 84.9 cm³/mol. The van der Waals surface area contributed by atoms with Crippen LogP contribution >= 0.6 is 0 Å². The lowest BCUT2D eigenvalue weighted by atomic mass is 9.99. The Morgan fingerprint density at radius 2 is 1.96 bits per heavy atom. The highest BCUT2D eigenvalue weighted by Gasteiger charge is 2.26. The number of amides is 1. The van der Waals surface area contributed by atoms with Gasteiger partial charge < -0.3 is 14.8 Å². The van der Waals surface area contributed by atoms with Crippen molar-refractivity contribution in [3.63, 3.8) is 0 Å². The average Bonchev–Trinajstić information content (AvgIpc) is 2.56. The van der Waals surface area contributed by atoms with Crippen LogP contribution in [0.3, 0.4) is 0 Å². The fourth-order valence-electron chi connectivity index (χ4n) is 2.00. The van der Waals surface area contributed by atoms with Crippen molar-refractivity contribution in [2.75, 3.05) is 13.7 Å². The Hall–Kier alpha value is -2.37. The molecular weight excluding hydrogens is 298 g/mol. The molecule has 0 aliphatic rings. The average molecular weight is 321 g/mol. The third kappa shape index (κ3) is 5.73. The topological polar surface area (TPSA) is 81.7 Å². The standard InChI is InChI=1S/C17H23NO5/c1-5-12(3)15(17(21)22-4)18-14(19)10-23-16(20)13-8-6-7-11(2)9-13/h6-9,12,15H,5,10H2,1-4H3,(H,18,19)/t12-,15-/m0/s1. The van der Waals surface area contributed by atoms with E-state index in [4.69, 9.17) is 4.74 Å². The monoisotopic (exact) mass is 321 g/mol. The third-order valence-electron chi connectivity index (χ3n) is 3.57. The number of nitrogens with one attached hydrogen (secondary N) is 1. The summed E-state index contributed by atoms with van der Waals surface area (Å²) >= 11 is 0. The zero-order chi connectivity index (χ0) is 17.4. The number of ether oxygens (including phenoxy) is 2. The van der Waals surface area contributed by atoms with Crippen LogP contribution in [0.5, 0.6) is 0 Å². The number of carbonyl (C=O) groups is 3. The molecule has 0 aliphatic carbocycles. The molecule has 0 unspecified atom stereocenters. The highest BCUT2D eigenvalue weighted by molar-refractivity contribution is 5.92. The van der Waals surface area contributed by atoms with Crippen molar-refractivity contribution in [1.82, 2.24) is 5.32 Å². The second-order valence-electron chi connectivity index (χ2n) is 5.40. The van der Waals surface area contributed by atoms with E-state index in [0.717, 1.165) is 5.56 Å². The van der Waals surface area contributed by atoms with Gasteiger partial charge in [-0.1, -0.05) is 38.0 Å². The van der Waals surface area contributed by atoms with E-state index >= 15 is 0 Å². The molecule has 1 amide bonds. The van der Waals surface area contributed by atoms with Crippen molar-refractivity contribution in [2.45, 2.75) is 33.2 Å². The van der Waals surface area contributed by atoms with Crippen LogP contribution in [0.4, 0.5) is 0 Å². The Morgan fingerprint density at radius 3 is 2.52 bits per heavy atom. The second-order valence-corrected chi connectivity index (χ2v) is 5.40. The number of hydrogen-bond acceptors (Lipinski definition) is 5. The molecule has 23 heavy (non-hydrogen) atoms. The molecule has 0 aromatic heterocycles. The van der Waals surface area contributed by atoms with E-state index in [2.05, 4.69) is 10.1 Å². The quantitative estimate of drug-likeness (QED) is 0.775. The van der Waals surface area contributed by atoms with Crippen LogP contribution in [0.2, 0.25) is 0 Å². The van der Waals surface area contributed by atoms with Gasteiger partial charge in [0.2, 0.25) is 0 Å². The van der Waals surface area contributed by atoms with E-state index < -0.39 is 30.5 Å². The summed E-state index contributed by atoms with van der Waals surface area (Å²) in [6.07, 6.45) is 0.698. The van der Waals surface area contributed by atoms with E-state index in [0.29, 0.717) is 12.0 Å². The minimum Gasteiger partial charge on any atom is -0.467 e. The summed E-state index contributed by atoms with van der Waals surface area (Å²) in [5, 5.41) is 2.55. The Kier molecular flexibility index (Phi) is 7.25. The zero-order valence-electron chi connectivity index (χ0n) is 13.9. The summed E-state index contributed by atoms with van der Waals surface area (Å²) in [7, 11) is 1.27. The zero-order valence-corrected chi connectivity index (χ0v) is 13.9. The number of carbonyl (C=O) groups excluding carboxylic acids is 3. The summed E-state index contributed by atoms with van der Waals surface area (Å²) in [6.45, 7) is 5.15. The smallest absolute Gasteiger partial charge is 0.338 e. The number of benzene rings is 1. The first-order valence-electron chi connectivity index (χ1n) is 7.50. The molecule has 0 saturated carbocycles. The van der Waals surface area contributed by atoms with Gasteiger partial charge in [-0.25, -0.2) is 9.59 Å². The molecule has 1 rings (SSSR count). The predicted octanol–water partition coefficient (Wildman–Crippen LogP) is 1.86. The maximum absolute atomic E-state index is 11.9. The molecule has 0 bridgehead atoms. The van der Waals surface area contributed by atoms with Crippen molar-refractivity contribution in [3.8, 4) is 0 Å². The van der Waals surface area contributed by atoms with Crippen LogP contribution in [0.15, 0.2) is 24.3 Å². The van der Waals surface area contributed by atoms with Gasteiger partial charge in [-0.15, -0.1) is 0 Å². The lowest BCUT2D eigenvalue weighted by molar-refractivity contribution is -0.147. The first kappa shape index (κ1) is 18.7. The van der Waals surface area contributed by atoms with Gasteiger partial charge >= 0.3 is 11.9 Å². The summed E-state index contributed by atoms with van der Waals surface area (Å²) in [4.78, 5) is 35.5. The van der Waals surface area contributed by atoms with Crippen molar-refractivity contribution >= 4 is 17.8 Å². The fraction of sp³-hybridized carbons (Fsp3) is 0.471. The van der Waals surface area contributed by atoms with Gasteiger partial charge in [0.1, 0.15) is 6.04 Å². The number of hydrogen-bond donors (Lipinski definition) is 1. The van der Waals surface area contributed by atoms with Gasteiger partial charge in [0.15, 0.2) is 6.61 Å². The summed E-state index contributed by atoms with van der Waals surface area (Å²) in [5.41, 5.74) is 1.30. The largest absolute Gasteiger partial charge is 0.467 e. The minimum atomic E-state index is -0.754. The fourth-order valence-corrected chi connectivity index (χ4v) is 2.00. The molecule has 6 nitrogen and oxygen atoms in total. The molecule has 0 aliphatic heterocycles. The van der Waals surface area contributed by atoms with Gasteiger partial charge in [-0.05, 0) is 25.0 Å². The van der Waals surface area contributed by atoms with E-state index in [1.54, 1.807) is 18.2 Å². The summed E-state index contributed by atoms with van der Waals surface area (Å²) < 4.78 is 9.65. The number of methoxy groups -OCH3 is 1. The first-order chi connectivity index (χ1) is 10.9. The van der Waals surface area contributed by atoms with Crippen LogP contribution in [0.1, 0.15) is 36.2 Å². The normalized spacial score (nSPS) is 12.9. The van der Waals surface area contributed by atoms with E-state index in [-0.39, 0.29) is 5.92 Å². The second kappa shape index (κ2) is 8.92. The minimum absolute atomic E-state index is 0.0844. The van der Waals surface area contributed by atoms with Crippen molar-refractivity contribution < 1.29 is 23.9 Å². The highest BCUT2D eigenvalue weighted by atomic mass is 16.5. The molecule has 0 heterocycles. The van der Waals surface area contributed by atoms with Crippen molar-refractivity contribution in [3.05, 3.63) is 35.4 Å². The Bertz CT molecular complexity index is 570. The molecule has 6 heteroatoms. The van der Waals surface area contributed by atoms with Gasteiger partial charge in [-0.2, -0.15) is 0 Å². The van der Waals surface area contributed by atoms with Crippen LogP contribution in [0.25, 0.3) is 0 Å². The first-order valence-corrected chi connectivity index (χ1v) is 7.50. The van der Waals surface area contributed by atoms with Crippen LogP contribution in [0, 0.1) is 12.8 Å². The number of esters is 2. The summed E-state index contributed by atoms with van der Waals surface area (Å²) in [6, 6.07) is 6.13. The lowest BCUT2D eigenvalue weighted by Gasteiger charge is -2.21. The molecule has 1 aromatic carbocycles. The van der Waals surface area contributed by atoms with E-state index in [1.165, 1.54) is 7.11 Å². The molecule has 126 valence electrons. The van der Waals surface area contributed by atoms with Gasteiger partial charge in [0.05, 0.1) is 12.7 Å². The Morgan fingerprint density at radius 1 is 1.26 bits per heavy atom. The maximum Gasteiger partial charge on any atom is 0.338 e. The van der Waals surface area contributed by atoms with Gasteiger partial charge in [0, 0.05) is 0 Å². The lowest BCUT2D eigenvalue weighted by Crippen LogP contribution is -2.47. The van der Waals surface area contributed by atoms with Gasteiger partial charge in [-0.3, -0.25) is 4.79 Å². The van der Waals surface area contributed by atoms with E-state index in [1.807, 2.05) is 26.8 Å². The van der Waals surface area contributed by atoms with Crippen molar-refractivity contribution in [1.29, 1.82) is 0 Å². The van der Waals surface area contributed by atoms with Gasteiger partial charge in [0.25, 0.3) is 5.91 Å². The molecular formula is C17H23NO5. The SMILES string of the molecule is CC[C@H](C)[C@H](NC(=O)COC(=O)c1cccc(C)c1)C(=O)OC. The number of rotatable bonds is 7. The van der Waals surface area contributed by atoms with Crippen molar-refractivity contribution in [2.24, 2.45) is 5.92 Å². The molecule has 0 spiro atoms. The highest BCUT2D eigenvalue weighted by Crippen LogP contribution is 2.09. The number of aryl methyl sites for hydroxylation is 1. The van der Waals surface area contributed by atoms with Crippen LogP contribution in [-0.4, -0.2) is 37.6 Å². The molecule has 0 fully saturated rings. The Labute approximate surface area is 136 Å².